The first kappa shape index (κ1) is 24.8. The molecule has 0 bridgehead atoms. The van der Waals surface area contributed by atoms with Crippen LogP contribution in [-0.4, -0.2) is 35.7 Å². The Morgan fingerprint density at radius 3 is 2.70 bits per heavy atom. The molecule has 0 aliphatic rings. The number of ether oxygens (including phenoxy) is 2. The van der Waals surface area contributed by atoms with Gasteiger partial charge in [-0.25, -0.2) is 4.39 Å². The average Bonchev–Trinajstić information content (AvgIpc) is 2.70. The van der Waals surface area contributed by atoms with Gasteiger partial charge in [0.15, 0.2) is 11.5 Å². The summed E-state index contributed by atoms with van der Waals surface area (Å²) in [4.78, 5) is 11.4. The van der Waals surface area contributed by atoms with Crippen molar-refractivity contribution in [2.75, 3.05) is 18.6 Å². The van der Waals surface area contributed by atoms with Crippen molar-refractivity contribution in [1.82, 2.24) is 5.32 Å². The number of rotatable bonds is 12. The average molecular weight is 521 g/mol. The molecule has 2 N–H and O–H groups in total. The molecule has 0 aliphatic heterocycles. The van der Waals surface area contributed by atoms with Crippen LogP contribution >= 0.6 is 39.3 Å². The maximum atomic E-state index is 14.0. The monoisotopic (exact) mass is 519 g/mol. The number of benzene rings is 2. The van der Waals surface area contributed by atoms with Gasteiger partial charge in [0, 0.05) is 16.6 Å². The molecule has 0 fully saturated rings. The van der Waals surface area contributed by atoms with Crippen molar-refractivity contribution in [2.24, 2.45) is 0 Å². The number of carboxylic acid groups (broad SMARTS) is 1. The molecule has 0 spiro atoms. The lowest BCUT2D eigenvalue weighted by Crippen LogP contribution is -2.36. The number of hydrogen-bond donors (Lipinski definition) is 2. The molecule has 1 unspecified atom stereocenters. The maximum Gasteiger partial charge on any atom is 0.320 e. The van der Waals surface area contributed by atoms with Gasteiger partial charge in [0.1, 0.15) is 18.5 Å². The van der Waals surface area contributed by atoms with E-state index in [1.54, 1.807) is 30.0 Å². The molecule has 0 saturated heterocycles. The third-order valence-electron chi connectivity index (χ3n) is 4.29. The summed E-state index contributed by atoms with van der Waals surface area (Å²) in [5.74, 6) is 0.350. The summed E-state index contributed by atoms with van der Waals surface area (Å²) in [6.07, 6.45) is 2.47. The fourth-order valence-electron chi connectivity index (χ4n) is 2.70. The predicted molar refractivity (Wildman–Crippen MR) is 122 cm³/mol. The van der Waals surface area contributed by atoms with Crippen molar-refractivity contribution < 1.29 is 23.8 Å². The highest BCUT2D eigenvalue weighted by molar-refractivity contribution is 9.10. The molecule has 30 heavy (non-hydrogen) atoms. The minimum absolute atomic E-state index is 0.0502. The fraction of sp³-hybridized carbons (Fsp3) is 0.381. The summed E-state index contributed by atoms with van der Waals surface area (Å²) in [6, 6.07) is 7.34. The molecule has 0 saturated carbocycles. The van der Waals surface area contributed by atoms with Gasteiger partial charge in [-0.1, -0.05) is 33.6 Å². The second kappa shape index (κ2) is 12.4. The topological polar surface area (TPSA) is 67.8 Å². The molecule has 2 aromatic carbocycles. The standard InChI is InChI=1S/C21H24BrClFNO4S/c1-3-28-19-9-13(11-25-18(21(26)27)7-8-30-2)15(22)10-20(19)29-12-14-16(23)5-4-6-17(14)24/h4-6,9-10,18,25H,3,7-8,11-12H2,1-2H3,(H,26,27). The van der Waals surface area contributed by atoms with Gasteiger partial charge in [-0.3, -0.25) is 4.79 Å². The van der Waals surface area contributed by atoms with E-state index in [0.29, 0.717) is 31.1 Å². The van der Waals surface area contributed by atoms with Crippen molar-refractivity contribution in [3.8, 4) is 11.5 Å². The van der Waals surface area contributed by atoms with E-state index in [0.717, 1.165) is 15.8 Å². The molecule has 2 aromatic rings. The summed E-state index contributed by atoms with van der Waals surface area (Å²) in [6.45, 7) is 2.55. The first-order valence-corrected chi connectivity index (χ1v) is 11.9. The maximum absolute atomic E-state index is 14.0. The van der Waals surface area contributed by atoms with Crippen molar-refractivity contribution in [3.63, 3.8) is 0 Å². The van der Waals surface area contributed by atoms with Crippen molar-refractivity contribution in [3.05, 3.63) is 56.8 Å². The Morgan fingerprint density at radius 1 is 1.33 bits per heavy atom. The van der Waals surface area contributed by atoms with Crippen LogP contribution in [0.4, 0.5) is 4.39 Å². The normalized spacial score (nSPS) is 11.9. The summed E-state index contributed by atoms with van der Waals surface area (Å²) < 4.78 is 26.2. The lowest BCUT2D eigenvalue weighted by atomic mass is 10.1. The lowest BCUT2D eigenvalue weighted by Gasteiger charge is -2.18. The van der Waals surface area contributed by atoms with Gasteiger partial charge >= 0.3 is 5.97 Å². The van der Waals surface area contributed by atoms with E-state index in [9.17, 15) is 14.3 Å². The number of nitrogens with one attached hydrogen (secondary N) is 1. The van der Waals surface area contributed by atoms with Crippen molar-refractivity contribution in [1.29, 1.82) is 0 Å². The summed E-state index contributed by atoms with van der Waals surface area (Å²) >= 11 is 11.2. The molecule has 1 atom stereocenters. The van der Waals surface area contributed by atoms with E-state index in [1.165, 1.54) is 12.1 Å². The van der Waals surface area contributed by atoms with E-state index in [1.807, 2.05) is 13.2 Å². The fourth-order valence-corrected chi connectivity index (χ4v) is 3.85. The number of hydrogen-bond acceptors (Lipinski definition) is 5. The van der Waals surface area contributed by atoms with Crippen LogP contribution in [0.15, 0.2) is 34.8 Å². The molecular formula is C21H24BrClFNO4S. The van der Waals surface area contributed by atoms with Crippen LogP contribution in [0.2, 0.25) is 5.02 Å². The van der Waals surface area contributed by atoms with E-state index < -0.39 is 17.8 Å². The second-order valence-electron chi connectivity index (χ2n) is 6.37. The molecule has 164 valence electrons. The summed E-state index contributed by atoms with van der Waals surface area (Å²) in [7, 11) is 0. The molecule has 0 amide bonds. The lowest BCUT2D eigenvalue weighted by molar-refractivity contribution is -0.139. The predicted octanol–water partition coefficient (Wildman–Crippen LogP) is 5.52. The largest absolute Gasteiger partial charge is 0.490 e. The minimum Gasteiger partial charge on any atom is -0.490 e. The van der Waals surface area contributed by atoms with E-state index >= 15 is 0 Å². The van der Waals surface area contributed by atoms with Gasteiger partial charge < -0.3 is 19.9 Å². The minimum atomic E-state index is -0.882. The summed E-state index contributed by atoms with van der Waals surface area (Å²) in [5.41, 5.74) is 1.09. The van der Waals surface area contributed by atoms with Crippen LogP contribution in [-0.2, 0) is 17.9 Å². The van der Waals surface area contributed by atoms with Crippen LogP contribution < -0.4 is 14.8 Å². The molecule has 0 aromatic heterocycles. The smallest absolute Gasteiger partial charge is 0.320 e. The SMILES string of the molecule is CCOc1cc(CNC(CCSC)C(=O)O)c(Br)cc1OCc1c(F)cccc1Cl. The van der Waals surface area contributed by atoms with Crippen LogP contribution in [0.3, 0.4) is 0 Å². The van der Waals surface area contributed by atoms with Gasteiger partial charge in [0.2, 0.25) is 0 Å². The molecule has 5 nitrogen and oxygen atoms in total. The van der Waals surface area contributed by atoms with Gasteiger partial charge in [-0.2, -0.15) is 11.8 Å². The third-order valence-corrected chi connectivity index (χ3v) is 6.03. The van der Waals surface area contributed by atoms with Gasteiger partial charge in [0.25, 0.3) is 0 Å². The number of aliphatic carboxylic acids is 1. The highest BCUT2D eigenvalue weighted by Gasteiger charge is 2.18. The van der Waals surface area contributed by atoms with Gasteiger partial charge in [-0.15, -0.1) is 0 Å². The first-order valence-electron chi connectivity index (χ1n) is 9.33. The van der Waals surface area contributed by atoms with Crippen LogP contribution in [0.25, 0.3) is 0 Å². The van der Waals surface area contributed by atoms with Crippen LogP contribution in [0, 0.1) is 5.82 Å². The Kier molecular flexibility index (Phi) is 10.2. The molecule has 0 radical (unpaired) electrons. The third kappa shape index (κ3) is 7.04. The van der Waals surface area contributed by atoms with Gasteiger partial charge in [-0.05, 0) is 55.2 Å². The highest BCUT2D eigenvalue weighted by Crippen LogP contribution is 2.35. The molecule has 0 aliphatic carbocycles. The van der Waals surface area contributed by atoms with E-state index in [-0.39, 0.29) is 17.2 Å². The molecule has 2 rings (SSSR count). The number of carboxylic acids is 1. The number of thioether (sulfide) groups is 1. The van der Waals surface area contributed by atoms with Crippen LogP contribution in [0.1, 0.15) is 24.5 Å². The molecule has 9 heteroatoms. The highest BCUT2D eigenvalue weighted by atomic mass is 79.9. The van der Waals surface area contributed by atoms with E-state index in [2.05, 4.69) is 21.2 Å². The zero-order valence-electron chi connectivity index (χ0n) is 16.7. The Bertz CT molecular complexity index is 851. The Hall–Kier alpha value is -1.48. The number of halogens is 3. The quantitative estimate of drug-likeness (QED) is 0.384. The van der Waals surface area contributed by atoms with Crippen molar-refractivity contribution in [2.45, 2.75) is 32.5 Å². The van der Waals surface area contributed by atoms with Crippen molar-refractivity contribution >= 4 is 45.3 Å². The summed E-state index contributed by atoms with van der Waals surface area (Å²) in [5, 5.41) is 12.7. The van der Waals surface area contributed by atoms with E-state index in [4.69, 9.17) is 21.1 Å². The number of carbonyl (C=O) groups is 1. The van der Waals surface area contributed by atoms with Crippen LogP contribution in [0.5, 0.6) is 11.5 Å². The molecule has 0 heterocycles. The zero-order valence-corrected chi connectivity index (χ0v) is 19.9. The Balaban J connectivity index is 2.17. The molecular weight excluding hydrogens is 497 g/mol. The first-order chi connectivity index (χ1) is 14.4. The zero-order chi connectivity index (χ0) is 22.1. The Labute approximate surface area is 193 Å². The Morgan fingerprint density at radius 2 is 2.07 bits per heavy atom. The second-order valence-corrected chi connectivity index (χ2v) is 8.61. The van der Waals surface area contributed by atoms with Gasteiger partial charge in [0.05, 0.1) is 11.6 Å².